The van der Waals surface area contributed by atoms with Gasteiger partial charge in [-0.1, -0.05) is 44.7 Å². The first-order valence-electron chi connectivity index (χ1n) is 9.47. The second-order valence-corrected chi connectivity index (χ2v) is 8.63. The molecule has 0 saturated heterocycles. The monoisotopic (exact) mass is 426 g/mol. The highest BCUT2D eigenvalue weighted by molar-refractivity contribution is 7.99. The standard InChI is InChI=1S/C22H26N4O3S/c1-22(2,3)15-9-10-19(29-5)18(11-15)24-20(27)13-30-21-25-23-14-26(21)16-7-6-8-17(12-16)28-4/h6-12,14H,13H2,1-5H3,(H,24,27). The molecule has 1 N–H and O–H groups in total. The van der Waals surface area contributed by atoms with Crippen LogP contribution in [0.1, 0.15) is 26.3 Å². The summed E-state index contributed by atoms with van der Waals surface area (Å²) in [7, 11) is 3.21. The number of thioether (sulfide) groups is 1. The lowest BCUT2D eigenvalue weighted by molar-refractivity contribution is -0.113. The van der Waals surface area contributed by atoms with Gasteiger partial charge in [0.15, 0.2) is 5.16 Å². The van der Waals surface area contributed by atoms with Gasteiger partial charge in [0.1, 0.15) is 17.8 Å². The number of nitrogens with zero attached hydrogens (tertiary/aromatic N) is 3. The van der Waals surface area contributed by atoms with Crippen molar-refractivity contribution in [1.82, 2.24) is 14.8 Å². The molecular weight excluding hydrogens is 400 g/mol. The molecule has 2 aromatic carbocycles. The summed E-state index contributed by atoms with van der Waals surface area (Å²) in [4.78, 5) is 12.6. The Morgan fingerprint density at radius 3 is 2.63 bits per heavy atom. The number of nitrogens with one attached hydrogen (secondary N) is 1. The Morgan fingerprint density at radius 1 is 1.13 bits per heavy atom. The molecule has 0 aliphatic carbocycles. The number of carbonyl (C=O) groups excluding carboxylic acids is 1. The van der Waals surface area contributed by atoms with Crippen LogP contribution in [0.3, 0.4) is 0 Å². The van der Waals surface area contributed by atoms with Crippen molar-refractivity contribution in [2.75, 3.05) is 25.3 Å². The van der Waals surface area contributed by atoms with Crippen molar-refractivity contribution in [3.63, 3.8) is 0 Å². The van der Waals surface area contributed by atoms with Crippen LogP contribution in [0.15, 0.2) is 53.9 Å². The number of hydrogen-bond acceptors (Lipinski definition) is 6. The van der Waals surface area contributed by atoms with E-state index in [1.807, 2.05) is 47.0 Å². The molecule has 7 nitrogen and oxygen atoms in total. The molecular formula is C22H26N4O3S. The molecule has 8 heteroatoms. The molecule has 158 valence electrons. The lowest BCUT2D eigenvalue weighted by Gasteiger charge is -2.21. The first-order valence-corrected chi connectivity index (χ1v) is 10.5. The van der Waals surface area contributed by atoms with Crippen LogP contribution >= 0.6 is 11.8 Å². The number of carbonyl (C=O) groups is 1. The minimum Gasteiger partial charge on any atom is -0.497 e. The predicted molar refractivity (Wildman–Crippen MR) is 119 cm³/mol. The van der Waals surface area contributed by atoms with Crippen LogP contribution < -0.4 is 14.8 Å². The van der Waals surface area contributed by atoms with E-state index in [0.29, 0.717) is 16.6 Å². The number of anilines is 1. The highest BCUT2D eigenvalue weighted by Crippen LogP contribution is 2.31. The van der Waals surface area contributed by atoms with Crippen molar-refractivity contribution >= 4 is 23.4 Å². The zero-order valence-corrected chi connectivity index (χ0v) is 18.6. The van der Waals surface area contributed by atoms with Gasteiger partial charge in [0, 0.05) is 6.07 Å². The van der Waals surface area contributed by atoms with E-state index in [1.54, 1.807) is 20.5 Å². The molecule has 0 radical (unpaired) electrons. The van der Waals surface area contributed by atoms with Crippen molar-refractivity contribution in [1.29, 1.82) is 0 Å². The third kappa shape index (κ3) is 5.13. The Hall–Kier alpha value is -3.00. The highest BCUT2D eigenvalue weighted by atomic mass is 32.2. The third-order valence-electron chi connectivity index (χ3n) is 4.52. The molecule has 0 fully saturated rings. The van der Waals surface area contributed by atoms with Crippen molar-refractivity contribution in [2.45, 2.75) is 31.3 Å². The topological polar surface area (TPSA) is 78.3 Å². The average Bonchev–Trinajstić information content (AvgIpc) is 3.20. The Balaban J connectivity index is 1.71. The lowest BCUT2D eigenvalue weighted by atomic mass is 9.87. The van der Waals surface area contributed by atoms with Gasteiger partial charge in [0.2, 0.25) is 5.91 Å². The van der Waals surface area contributed by atoms with E-state index >= 15 is 0 Å². The van der Waals surface area contributed by atoms with Crippen molar-refractivity contribution in [2.24, 2.45) is 0 Å². The fraction of sp³-hybridized carbons (Fsp3) is 0.318. The van der Waals surface area contributed by atoms with Crippen LogP contribution in [0.4, 0.5) is 5.69 Å². The summed E-state index contributed by atoms with van der Waals surface area (Å²) in [5.41, 5.74) is 2.60. The third-order valence-corrected chi connectivity index (χ3v) is 5.46. The van der Waals surface area contributed by atoms with Gasteiger partial charge < -0.3 is 14.8 Å². The van der Waals surface area contributed by atoms with E-state index in [-0.39, 0.29) is 17.1 Å². The minimum absolute atomic E-state index is 0.0341. The van der Waals surface area contributed by atoms with E-state index in [9.17, 15) is 4.79 Å². The number of ether oxygens (including phenoxy) is 2. The molecule has 1 amide bonds. The van der Waals surface area contributed by atoms with E-state index in [4.69, 9.17) is 9.47 Å². The van der Waals surface area contributed by atoms with Gasteiger partial charge in [0.25, 0.3) is 0 Å². The summed E-state index contributed by atoms with van der Waals surface area (Å²) < 4.78 is 12.5. The number of amides is 1. The van der Waals surface area contributed by atoms with Crippen LogP contribution in [-0.2, 0) is 10.2 Å². The summed E-state index contributed by atoms with van der Waals surface area (Å²) in [6.07, 6.45) is 1.62. The van der Waals surface area contributed by atoms with Crippen LogP contribution in [0.5, 0.6) is 11.5 Å². The highest BCUT2D eigenvalue weighted by Gasteiger charge is 2.17. The van der Waals surface area contributed by atoms with Crippen molar-refractivity contribution in [3.05, 3.63) is 54.4 Å². The molecule has 0 atom stereocenters. The number of hydrogen-bond donors (Lipinski definition) is 1. The maximum absolute atomic E-state index is 12.6. The minimum atomic E-state index is -0.149. The first-order chi connectivity index (χ1) is 14.3. The molecule has 0 bridgehead atoms. The number of methoxy groups -OCH3 is 2. The molecule has 1 heterocycles. The van der Waals surface area contributed by atoms with Gasteiger partial charge in [-0.3, -0.25) is 9.36 Å². The van der Waals surface area contributed by atoms with Gasteiger partial charge in [0.05, 0.1) is 31.3 Å². The summed E-state index contributed by atoms with van der Waals surface area (Å²) in [5.74, 6) is 1.40. The lowest BCUT2D eigenvalue weighted by Crippen LogP contribution is -2.17. The summed E-state index contributed by atoms with van der Waals surface area (Å²) >= 11 is 1.31. The smallest absolute Gasteiger partial charge is 0.234 e. The Kier molecular flexibility index (Phi) is 6.66. The SMILES string of the molecule is COc1cccc(-n2cnnc2SCC(=O)Nc2cc(C(C)(C)C)ccc2OC)c1. The maximum Gasteiger partial charge on any atom is 0.234 e. The number of benzene rings is 2. The van der Waals surface area contributed by atoms with Gasteiger partial charge in [-0.05, 0) is 35.2 Å². The molecule has 30 heavy (non-hydrogen) atoms. The predicted octanol–water partition coefficient (Wildman–Crippen LogP) is 4.31. The summed E-state index contributed by atoms with van der Waals surface area (Å²) in [6.45, 7) is 6.38. The molecule has 0 spiro atoms. The Bertz CT molecular complexity index is 1030. The Morgan fingerprint density at radius 2 is 1.93 bits per heavy atom. The number of aromatic nitrogens is 3. The maximum atomic E-state index is 12.6. The van der Waals surface area contributed by atoms with Gasteiger partial charge >= 0.3 is 0 Å². The average molecular weight is 427 g/mol. The first kappa shape index (κ1) is 21.7. The van der Waals surface area contributed by atoms with E-state index in [1.165, 1.54) is 11.8 Å². The number of rotatable bonds is 7. The van der Waals surface area contributed by atoms with Crippen LogP contribution in [0, 0.1) is 0 Å². The van der Waals surface area contributed by atoms with Crippen LogP contribution in [0.2, 0.25) is 0 Å². The quantitative estimate of drug-likeness (QED) is 0.567. The normalized spacial score (nSPS) is 11.2. The van der Waals surface area contributed by atoms with E-state index in [2.05, 4.69) is 36.3 Å². The largest absolute Gasteiger partial charge is 0.497 e. The van der Waals surface area contributed by atoms with Crippen LogP contribution in [0.25, 0.3) is 5.69 Å². The molecule has 1 aromatic heterocycles. The fourth-order valence-electron chi connectivity index (χ4n) is 2.85. The van der Waals surface area contributed by atoms with Crippen molar-refractivity contribution < 1.29 is 14.3 Å². The Labute approximate surface area is 180 Å². The molecule has 3 aromatic rings. The molecule has 3 rings (SSSR count). The molecule has 0 aliphatic heterocycles. The summed E-state index contributed by atoms with van der Waals surface area (Å²) in [5, 5.41) is 11.7. The van der Waals surface area contributed by atoms with E-state index < -0.39 is 0 Å². The molecule has 0 aliphatic rings. The fourth-order valence-corrected chi connectivity index (χ4v) is 3.58. The van der Waals surface area contributed by atoms with Gasteiger partial charge in [-0.2, -0.15) is 0 Å². The van der Waals surface area contributed by atoms with E-state index in [0.717, 1.165) is 17.0 Å². The van der Waals surface area contributed by atoms with Gasteiger partial charge in [-0.15, -0.1) is 10.2 Å². The molecule has 0 unspecified atom stereocenters. The second kappa shape index (κ2) is 9.21. The second-order valence-electron chi connectivity index (χ2n) is 7.69. The van der Waals surface area contributed by atoms with Gasteiger partial charge in [-0.25, -0.2) is 0 Å². The van der Waals surface area contributed by atoms with Crippen molar-refractivity contribution in [3.8, 4) is 17.2 Å². The zero-order valence-electron chi connectivity index (χ0n) is 17.8. The molecule has 0 saturated carbocycles. The summed E-state index contributed by atoms with van der Waals surface area (Å²) in [6, 6.07) is 13.4. The van der Waals surface area contributed by atoms with Crippen LogP contribution in [-0.4, -0.2) is 40.6 Å². The zero-order chi connectivity index (χ0) is 21.7.